The number of carbonyl (C=O) groups excluding carboxylic acids is 2. The predicted molar refractivity (Wildman–Crippen MR) is 121 cm³/mol. The molecule has 0 aliphatic carbocycles. The minimum Gasteiger partial charge on any atom is -0.352 e. The van der Waals surface area contributed by atoms with Crippen molar-refractivity contribution in [2.75, 3.05) is 24.5 Å². The largest absolute Gasteiger partial charge is 0.352 e. The molecule has 1 N–H and O–H groups in total. The molecule has 8 heteroatoms. The molecule has 0 radical (unpaired) electrons. The maximum Gasteiger partial charge on any atom is 0.272 e. The Balaban J connectivity index is 1.56. The van der Waals surface area contributed by atoms with Crippen molar-refractivity contribution in [2.45, 2.75) is 31.8 Å². The Kier molecular flexibility index (Phi) is 4.92. The van der Waals surface area contributed by atoms with Crippen LogP contribution in [0.2, 0.25) is 0 Å². The summed E-state index contributed by atoms with van der Waals surface area (Å²) in [5.41, 5.74) is 1.83. The van der Waals surface area contributed by atoms with E-state index in [4.69, 9.17) is 0 Å². The zero-order valence-corrected chi connectivity index (χ0v) is 18.2. The van der Waals surface area contributed by atoms with Gasteiger partial charge in [-0.1, -0.05) is 6.07 Å². The van der Waals surface area contributed by atoms with Gasteiger partial charge in [-0.2, -0.15) is 0 Å². The number of pyridine rings is 2. The van der Waals surface area contributed by atoms with E-state index < -0.39 is 5.54 Å². The number of nitrogens with zero attached hydrogens (tertiary/aromatic N) is 5. The lowest BCUT2D eigenvalue weighted by molar-refractivity contribution is -0.120. The van der Waals surface area contributed by atoms with Crippen molar-refractivity contribution in [3.05, 3.63) is 72.4 Å². The molecule has 1 spiro atoms. The number of nitrogens with one attached hydrogen (secondary N) is 1. The first-order valence-electron chi connectivity index (χ1n) is 10.9. The average Bonchev–Trinajstić information content (AvgIpc) is 3.45. The summed E-state index contributed by atoms with van der Waals surface area (Å²) < 4.78 is 2.08. The molecule has 1 fully saturated rings. The number of hydrogen-bond donors (Lipinski definition) is 1. The van der Waals surface area contributed by atoms with Gasteiger partial charge in [0.2, 0.25) is 5.91 Å². The highest BCUT2D eigenvalue weighted by Crippen LogP contribution is 2.46. The molecule has 0 saturated carbocycles. The molecule has 1 unspecified atom stereocenters. The molecule has 0 bridgehead atoms. The molecule has 2 aliphatic heterocycles. The number of rotatable bonds is 4. The van der Waals surface area contributed by atoms with Crippen LogP contribution in [0.5, 0.6) is 0 Å². The fourth-order valence-electron chi connectivity index (χ4n) is 4.89. The molecule has 32 heavy (non-hydrogen) atoms. The third-order valence-corrected chi connectivity index (χ3v) is 6.20. The summed E-state index contributed by atoms with van der Waals surface area (Å²) in [6, 6.07) is 13.4. The van der Waals surface area contributed by atoms with Gasteiger partial charge in [-0.05, 0) is 56.7 Å². The quantitative estimate of drug-likeness (QED) is 0.687. The molecule has 5 rings (SSSR count). The standard InChI is InChI=1S/C24H26N6O2/c1-17(2)27-21(31)15-30-19-8-5-12-26-22(19)29-13-6-9-20(29)24(30)10-14-28(16-24)23(32)18-7-3-4-11-25-18/h3-9,11-13,17H,10,14-16H2,1-2H3,(H,27,31). The van der Waals surface area contributed by atoms with Crippen molar-refractivity contribution in [3.63, 3.8) is 0 Å². The van der Waals surface area contributed by atoms with Crippen molar-refractivity contribution < 1.29 is 9.59 Å². The Morgan fingerprint density at radius 3 is 2.72 bits per heavy atom. The van der Waals surface area contributed by atoms with Gasteiger partial charge in [0.1, 0.15) is 11.2 Å². The Labute approximate surface area is 186 Å². The zero-order chi connectivity index (χ0) is 22.3. The van der Waals surface area contributed by atoms with E-state index in [1.165, 1.54) is 0 Å². The van der Waals surface area contributed by atoms with E-state index in [1.54, 1.807) is 24.5 Å². The Hall–Kier alpha value is -3.68. The van der Waals surface area contributed by atoms with Crippen molar-refractivity contribution in [1.82, 2.24) is 24.8 Å². The summed E-state index contributed by atoms with van der Waals surface area (Å²) in [7, 11) is 0. The smallest absolute Gasteiger partial charge is 0.272 e. The number of anilines is 1. The number of likely N-dealkylation sites (tertiary alicyclic amines) is 1. The summed E-state index contributed by atoms with van der Waals surface area (Å²) in [4.78, 5) is 38.9. The molecule has 2 aliphatic rings. The van der Waals surface area contributed by atoms with Gasteiger partial charge in [0.25, 0.3) is 5.91 Å². The van der Waals surface area contributed by atoms with Crippen molar-refractivity contribution in [1.29, 1.82) is 0 Å². The van der Waals surface area contributed by atoms with E-state index in [9.17, 15) is 9.59 Å². The van der Waals surface area contributed by atoms with Crippen molar-refractivity contribution in [2.24, 2.45) is 0 Å². The minimum atomic E-state index is -0.529. The molecule has 8 nitrogen and oxygen atoms in total. The van der Waals surface area contributed by atoms with Gasteiger partial charge in [-0.15, -0.1) is 0 Å². The van der Waals surface area contributed by atoms with Gasteiger partial charge >= 0.3 is 0 Å². The number of carbonyl (C=O) groups is 2. The van der Waals surface area contributed by atoms with Gasteiger partial charge in [-0.3, -0.25) is 14.6 Å². The van der Waals surface area contributed by atoms with Crippen LogP contribution in [0, 0.1) is 0 Å². The maximum atomic E-state index is 13.2. The lowest BCUT2D eigenvalue weighted by atomic mass is 9.88. The van der Waals surface area contributed by atoms with Crippen LogP contribution in [0.3, 0.4) is 0 Å². The molecule has 1 saturated heterocycles. The highest BCUT2D eigenvalue weighted by Gasteiger charge is 2.51. The summed E-state index contributed by atoms with van der Waals surface area (Å²) in [6.07, 6.45) is 6.10. The monoisotopic (exact) mass is 430 g/mol. The second-order valence-corrected chi connectivity index (χ2v) is 8.64. The second kappa shape index (κ2) is 7.78. The third kappa shape index (κ3) is 3.23. The van der Waals surface area contributed by atoms with Crippen molar-refractivity contribution in [3.8, 4) is 5.82 Å². The van der Waals surface area contributed by atoms with Crippen LogP contribution in [0.15, 0.2) is 61.1 Å². The molecule has 3 aromatic rings. The Morgan fingerprint density at radius 2 is 1.94 bits per heavy atom. The number of fused-ring (bicyclic) bond motifs is 4. The van der Waals surface area contributed by atoms with Crippen LogP contribution in [0.25, 0.3) is 5.82 Å². The fourth-order valence-corrected chi connectivity index (χ4v) is 4.89. The lowest BCUT2D eigenvalue weighted by Gasteiger charge is -2.46. The first-order valence-corrected chi connectivity index (χ1v) is 10.9. The van der Waals surface area contributed by atoms with Crippen LogP contribution in [-0.2, 0) is 10.3 Å². The maximum absolute atomic E-state index is 13.2. The normalized spacial score (nSPS) is 19.2. The van der Waals surface area contributed by atoms with Crippen LogP contribution < -0.4 is 10.2 Å². The first-order chi connectivity index (χ1) is 15.5. The summed E-state index contributed by atoms with van der Waals surface area (Å²) >= 11 is 0. The van der Waals surface area contributed by atoms with Crippen LogP contribution >= 0.6 is 0 Å². The molecule has 1 atom stereocenters. The highest BCUT2D eigenvalue weighted by atomic mass is 16.2. The lowest BCUT2D eigenvalue weighted by Crippen LogP contribution is -2.56. The molecule has 0 aromatic carbocycles. The third-order valence-electron chi connectivity index (χ3n) is 6.20. The molecule has 164 valence electrons. The minimum absolute atomic E-state index is 0.0475. The van der Waals surface area contributed by atoms with E-state index in [2.05, 4.69) is 30.8 Å². The Morgan fingerprint density at radius 1 is 1.09 bits per heavy atom. The van der Waals surface area contributed by atoms with Gasteiger partial charge in [0, 0.05) is 37.7 Å². The SMILES string of the molecule is CC(C)NC(=O)CN1c2cccnc2-n2cccc2C12CCN(C(=O)c1ccccn1)C2. The number of hydrogen-bond acceptors (Lipinski definition) is 5. The zero-order valence-electron chi connectivity index (χ0n) is 18.2. The van der Waals surface area contributed by atoms with E-state index in [1.807, 2.05) is 49.2 Å². The number of amides is 2. The van der Waals surface area contributed by atoms with Crippen LogP contribution in [0.1, 0.15) is 36.5 Å². The van der Waals surface area contributed by atoms with E-state index in [0.29, 0.717) is 25.2 Å². The van der Waals surface area contributed by atoms with Gasteiger partial charge in [-0.25, -0.2) is 4.98 Å². The van der Waals surface area contributed by atoms with E-state index in [0.717, 1.165) is 17.2 Å². The topological polar surface area (TPSA) is 83.4 Å². The van der Waals surface area contributed by atoms with Gasteiger partial charge in [0.05, 0.1) is 17.9 Å². The molecule has 3 aromatic heterocycles. The van der Waals surface area contributed by atoms with E-state index >= 15 is 0 Å². The van der Waals surface area contributed by atoms with Crippen molar-refractivity contribution >= 4 is 17.5 Å². The average molecular weight is 431 g/mol. The second-order valence-electron chi connectivity index (χ2n) is 8.64. The summed E-state index contributed by atoms with van der Waals surface area (Å²) in [5.74, 6) is 0.651. The van der Waals surface area contributed by atoms with Crippen LogP contribution in [-0.4, -0.2) is 56.9 Å². The summed E-state index contributed by atoms with van der Waals surface area (Å²) in [6.45, 7) is 5.14. The molecule has 2 amide bonds. The van der Waals surface area contributed by atoms with Gasteiger partial charge in [0.15, 0.2) is 5.82 Å². The number of aromatic nitrogens is 3. The van der Waals surface area contributed by atoms with Crippen LogP contribution in [0.4, 0.5) is 5.69 Å². The molecular formula is C24H26N6O2. The Bertz CT molecular complexity index is 1160. The predicted octanol–water partition coefficient (Wildman–Crippen LogP) is 2.35. The fraction of sp³-hybridized carbons (Fsp3) is 0.333. The van der Waals surface area contributed by atoms with E-state index in [-0.39, 0.29) is 24.4 Å². The highest BCUT2D eigenvalue weighted by molar-refractivity contribution is 5.93. The first kappa shape index (κ1) is 20.2. The molecule has 5 heterocycles. The van der Waals surface area contributed by atoms with Gasteiger partial charge < -0.3 is 19.7 Å². The summed E-state index contributed by atoms with van der Waals surface area (Å²) in [5, 5.41) is 3.01. The molecular weight excluding hydrogens is 404 g/mol.